The number of aliphatic hydroxyl groups excluding tert-OH is 1. The molecule has 2 atom stereocenters. The molecule has 28 heavy (non-hydrogen) atoms. The molecular formula is C22H21NO4S. The Bertz CT molecular complexity index is 990. The molecule has 2 N–H and O–H groups in total. The van der Waals surface area contributed by atoms with Crippen molar-refractivity contribution in [2.24, 2.45) is 5.92 Å². The van der Waals surface area contributed by atoms with Crippen molar-refractivity contribution in [1.29, 1.82) is 0 Å². The number of amides is 1. The average Bonchev–Trinajstić information content (AvgIpc) is 3.03. The number of fused-ring (bicyclic) bond motifs is 1. The van der Waals surface area contributed by atoms with Crippen LogP contribution in [0.5, 0.6) is 0 Å². The molecule has 0 spiro atoms. The van der Waals surface area contributed by atoms with Gasteiger partial charge in [0, 0.05) is 12.3 Å². The lowest BCUT2D eigenvalue weighted by Crippen LogP contribution is -2.23. The second-order valence-electron chi connectivity index (χ2n) is 6.62. The Kier molecular flexibility index (Phi) is 5.41. The standard InChI is InChI=1S/C22H21NO4S/c1-26-19-11-14(12-20-21(24)23-22(25)28-20)9-10-18(19)27-13-16-7-4-6-15-5-2-3-8-17(15)16/h2-10,12,14,22,25H,11,13H2,1H3,(H,23,24)/b20-12-. The summed E-state index contributed by atoms with van der Waals surface area (Å²) in [6.07, 6.45) is 6.34. The summed E-state index contributed by atoms with van der Waals surface area (Å²) in [7, 11) is 1.63. The quantitative estimate of drug-likeness (QED) is 0.754. The molecule has 1 fully saturated rings. The summed E-state index contributed by atoms with van der Waals surface area (Å²) in [5, 5.41) is 14.3. The molecule has 2 unspecified atom stereocenters. The number of nitrogens with one attached hydrogen (secondary N) is 1. The van der Waals surface area contributed by atoms with E-state index < -0.39 is 5.56 Å². The van der Waals surface area contributed by atoms with Crippen LogP contribution in [0.25, 0.3) is 10.8 Å². The van der Waals surface area contributed by atoms with Gasteiger partial charge >= 0.3 is 0 Å². The van der Waals surface area contributed by atoms with Gasteiger partial charge in [0.2, 0.25) is 0 Å². The minimum absolute atomic E-state index is 0.0124. The minimum Gasteiger partial charge on any atom is -0.497 e. The number of ether oxygens (including phenoxy) is 2. The van der Waals surface area contributed by atoms with Crippen LogP contribution < -0.4 is 5.32 Å². The van der Waals surface area contributed by atoms with Gasteiger partial charge in [0.15, 0.2) is 11.3 Å². The zero-order valence-electron chi connectivity index (χ0n) is 15.4. The largest absolute Gasteiger partial charge is 0.497 e. The van der Waals surface area contributed by atoms with Crippen LogP contribution in [-0.2, 0) is 20.9 Å². The SMILES string of the molecule is COC1=C(OCc2cccc3ccccc23)C=CC(/C=C2\SC(O)NC2=O)C1. The van der Waals surface area contributed by atoms with Crippen molar-refractivity contribution in [2.45, 2.75) is 18.6 Å². The molecule has 2 aliphatic rings. The lowest BCUT2D eigenvalue weighted by atomic mass is 9.97. The normalized spacial score (nSPS) is 23.4. The third-order valence-electron chi connectivity index (χ3n) is 4.78. The molecule has 1 saturated heterocycles. The smallest absolute Gasteiger partial charge is 0.260 e. The van der Waals surface area contributed by atoms with Gasteiger partial charge in [-0.15, -0.1) is 0 Å². The average molecular weight is 395 g/mol. The maximum absolute atomic E-state index is 11.8. The number of carbonyl (C=O) groups excluding carboxylic acids is 1. The van der Waals surface area contributed by atoms with Crippen molar-refractivity contribution in [3.8, 4) is 0 Å². The monoisotopic (exact) mass is 395 g/mol. The Morgan fingerprint density at radius 2 is 2.07 bits per heavy atom. The van der Waals surface area contributed by atoms with Crippen LogP contribution in [0.3, 0.4) is 0 Å². The fourth-order valence-electron chi connectivity index (χ4n) is 3.38. The van der Waals surface area contributed by atoms with Crippen molar-refractivity contribution >= 4 is 28.4 Å². The highest BCUT2D eigenvalue weighted by molar-refractivity contribution is 8.04. The van der Waals surface area contributed by atoms with E-state index in [4.69, 9.17) is 9.47 Å². The fraction of sp³-hybridized carbons (Fsp3) is 0.227. The molecule has 0 aromatic heterocycles. The first kappa shape index (κ1) is 18.7. The number of carbonyl (C=O) groups is 1. The predicted octanol–water partition coefficient (Wildman–Crippen LogP) is 3.81. The second-order valence-corrected chi connectivity index (χ2v) is 7.74. The number of methoxy groups -OCH3 is 1. The highest BCUT2D eigenvalue weighted by Gasteiger charge is 2.27. The third-order valence-corrected chi connectivity index (χ3v) is 5.70. The summed E-state index contributed by atoms with van der Waals surface area (Å²) in [5.41, 5.74) is 0.245. The zero-order valence-corrected chi connectivity index (χ0v) is 16.2. The van der Waals surface area contributed by atoms with Crippen LogP contribution in [0.1, 0.15) is 12.0 Å². The molecule has 6 heteroatoms. The minimum atomic E-state index is -0.872. The van der Waals surface area contributed by atoms with Gasteiger partial charge in [0.1, 0.15) is 12.4 Å². The van der Waals surface area contributed by atoms with Gasteiger partial charge in [-0.2, -0.15) is 0 Å². The van der Waals surface area contributed by atoms with Crippen LogP contribution in [0, 0.1) is 5.92 Å². The Balaban J connectivity index is 1.48. The molecule has 1 heterocycles. The van der Waals surface area contributed by atoms with Gasteiger partial charge in [0.25, 0.3) is 5.91 Å². The van der Waals surface area contributed by atoms with Crippen LogP contribution in [0.4, 0.5) is 0 Å². The van der Waals surface area contributed by atoms with Gasteiger partial charge in [-0.3, -0.25) is 4.79 Å². The molecule has 5 nitrogen and oxygen atoms in total. The number of hydrogen-bond donors (Lipinski definition) is 2. The fourth-order valence-corrected chi connectivity index (χ4v) is 4.21. The first-order valence-electron chi connectivity index (χ1n) is 9.06. The number of benzene rings is 2. The number of aliphatic hydroxyl groups is 1. The molecule has 4 rings (SSSR count). The third kappa shape index (κ3) is 3.93. The van der Waals surface area contributed by atoms with Gasteiger partial charge in [-0.1, -0.05) is 66.4 Å². The molecule has 0 bridgehead atoms. The van der Waals surface area contributed by atoms with Crippen molar-refractivity contribution in [3.63, 3.8) is 0 Å². The molecule has 1 aliphatic heterocycles. The first-order chi connectivity index (χ1) is 13.6. The summed E-state index contributed by atoms with van der Waals surface area (Å²) < 4.78 is 11.6. The van der Waals surface area contributed by atoms with E-state index in [9.17, 15) is 9.90 Å². The highest BCUT2D eigenvalue weighted by atomic mass is 32.2. The van der Waals surface area contributed by atoms with E-state index in [1.54, 1.807) is 7.11 Å². The Labute approximate surface area is 167 Å². The van der Waals surface area contributed by atoms with Crippen LogP contribution >= 0.6 is 11.8 Å². The Morgan fingerprint density at radius 3 is 2.86 bits per heavy atom. The van der Waals surface area contributed by atoms with Crippen molar-refractivity contribution < 1.29 is 19.4 Å². The van der Waals surface area contributed by atoms with E-state index in [1.807, 2.05) is 36.4 Å². The number of thioether (sulfide) groups is 1. The molecule has 0 saturated carbocycles. The van der Waals surface area contributed by atoms with Crippen molar-refractivity contribution in [1.82, 2.24) is 5.32 Å². The number of rotatable bonds is 5. The van der Waals surface area contributed by atoms with Crippen molar-refractivity contribution in [2.75, 3.05) is 7.11 Å². The van der Waals surface area contributed by atoms with Gasteiger partial charge in [0.05, 0.1) is 12.0 Å². The molecule has 2 aromatic carbocycles. The summed E-state index contributed by atoms with van der Waals surface area (Å²) in [6, 6.07) is 14.4. The van der Waals surface area contributed by atoms with E-state index in [2.05, 4.69) is 29.6 Å². The van der Waals surface area contributed by atoms with E-state index >= 15 is 0 Å². The lowest BCUT2D eigenvalue weighted by molar-refractivity contribution is -0.117. The topological polar surface area (TPSA) is 67.8 Å². The van der Waals surface area contributed by atoms with Gasteiger partial charge < -0.3 is 19.9 Å². The highest BCUT2D eigenvalue weighted by Crippen LogP contribution is 2.32. The molecular weight excluding hydrogens is 374 g/mol. The Hall–Kier alpha value is -2.70. The molecule has 1 aliphatic carbocycles. The van der Waals surface area contributed by atoms with Gasteiger partial charge in [-0.05, 0) is 22.4 Å². The lowest BCUT2D eigenvalue weighted by Gasteiger charge is -2.20. The summed E-state index contributed by atoms with van der Waals surface area (Å²) >= 11 is 1.12. The van der Waals surface area contributed by atoms with E-state index in [1.165, 1.54) is 10.8 Å². The predicted molar refractivity (Wildman–Crippen MR) is 110 cm³/mol. The van der Waals surface area contributed by atoms with E-state index in [-0.39, 0.29) is 11.8 Å². The van der Waals surface area contributed by atoms with E-state index in [0.717, 1.165) is 23.1 Å². The maximum Gasteiger partial charge on any atom is 0.260 e. The second kappa shape index (κ2) is 8.12. The maximum atomic E-state index is 11.8. The molecule has 0 radical (unpaired) electrons. The zero-order chi connectivity index (χ0) is 19.5. The van der Waals surface area contributed by atoms with Crippen LogP contribution in [-0.4, -0.2) is 23.7 Å². The molecule has 2 aromatic rings. The van der Waals surface area contributed by atoms with E-state index in [0.29, 0.717) is 23.7 Å². The first-order valence-corrected chi connectivity index (χ1v) is 9.94. The molecule has 1 amide bonds. The number of allylic oxidation sites excluding steroid dienone is 4. The van der Waals surface area contributed by atoms with Crippen LogP contribution in [0.2, 0.25) is 0 Å². The van der Waals surface area contributed by atoms with Crippen LogP contribution in [0.15, 0.2) is 77.1 Å². The summed E-state index contributed by atoms with van der Waals surface area (Å²) in [6.45, 7) is 0.449. The summed E-state index contributed by atoms with van der Waals surface area (Å²) in [4.78, 5) is 12.3. The number of hydrogen-bond acceptors (Lipinski definition) is 5. The van der Waals surface area contributed by atoms with Crippen molar-refractivity contribution in [3.05, 3.63) is 82.7 Å². The Morgan fingerprint density at radius 1 is 1.25 bits per heavy atom. The molecule has 144 valence electrons. The van der Waals surface area contributed by atoms with Gasteiger partial charge in [-0.25, -0.2) is 0 Å². The summed E-state index contributed by atoms with van der Waals surface area (Å²) in [5.74, 6) is 1.22.